The molecule has 2 saturated heterocycles. The lowest BCUT2D eigenvalue weighted by atomic mass is 10.0. The lowest BCUT2D eigenvalue weighted by molar-refractivity contribution is -0.137. The predicted molar refractivity (Wildman–Crippen MR) is 130 cm³/mol. The number of nitrogens with one attached hydrogen (secondary N) is 2. The Bertz CT molecular complexity index is 1080. The van der Waals surface area contributed by atoms with Gasteiger partial charge in [0, 0.05) is 30.2 Å². The number of rotatable bonds is 5. The second-order valence-electron chi connectivity index (χ2n) is 9.33. The molecule has 4 rings (SSSR count). The van der Waals surface area contributed by atoms with Crippen molar-refractivity contribution in [3.63, 3.8) is 0 Å². The van der Waals surface area contributed by atoms with Gasteiger partial charge in [0.15, 0.2) is 0 Å². The minimum atomic E-state index is -4.46. The van der Waals surface area contributed by atoms with Crippen LogP contribution in [0.1, 0.15) is 18.4 Å². The van der Waals surface area contributed by atoms with E-state index >= 15 is 0 Å². The van der Waals surface area contributed by atoms with Crippen LogP contribution in [-0.2, 0) is 11.0 Å². The van der Waals surface area contributed by atoms with E-state index in [0.29, 0.717) is 38.2 Å². The molecule has 3 amide bonds. The third-order valence-electron chi connectivity index (χ3n) is 6.62. The van der Waals surface area contributed by atoms with Gasteiger partial charge in [0.2, 0.25) is 5.91 Å². The maximum Gasteiger partial charge on any atom is 0.416 e. The van der Waals surface area contributed by atoms with E-state index in [1.165, 1.54) is 0 Å². The van der Waals surface area contributed by atoms with Crippen LogP contribution in [-0.4, -0.2) is 68.8 Å². The molecule has 2 aromatic rings. The topological polar surface area (TPSA) is 67.9 Å². The summed E-state index contributed by atoms with van der Waals surface area (Å²) >= 11 is 0. The highest BCUT2D eigenvalue weighted by atomic mass is 19.4. The summed E-state index contributed by atoms with van der Waals surface area (Å²) in [6.07, 6.45) is -4.29. The van der Waals surface area contributed by atoms with Crippen molar-refractivity contribution in [1.29, 1.82) is 0 Å². The van der Waals surface area contributed by atoms with E-state index in [4.69, 9.17) is 0 Å². The van der Waals surface area contributed by atoms with E-state index in [1.54, 1.807) is 4.90 Å². The maximum absolute atomic E-state index is 14.3. The van der Waals surface area contributed by atoms with Crippen molar-refractivity contribution in [2.24, 2.45) is 0 Å². The number of piperidine rings is 1. The van der Waals surface area contributed by atoms with Gasteiger partial charge in [-0.3, -0.25) is 4.79 Å². The van der Waals surface area contributed by atoms with Gasteiger partial charge in [-0.25, -0.2) is 9.18 Å². The summed E-state index contributed by atoms with van der Waals surface area (Å²) in [4.78, 5) is 30.9. The van der Waals surface area contributed by atoms with Crippen molar-refractivity contribution in [2.75, 3.05) is 48.8 Å². The van der Waals surface area contributed by atoms with E-state index < -0.39 is 30.0 Å². The number of anilines is 3. The summed E-state index contributed by atoms with van der Waals surface area (Å²) < 4.78 is 52.5. The van der Waals surface area contributed by atoms with Gasteiger partial charge < -0.3 is 25.3 Å². The average molecular weight is 508 g/mol. The van der Waals surface area contributed by atoms with Gasteiger partial charge in [-0.2, -0.15) is 13.2 Å². The van der Waals surface area contributed by atoms with Crippen LogP contribution in [0.3, 0.4) is 0 Å². The summed E-state index contributed by atoms with van der Waals surface area (Å²) in [6, 6.07) is 9.82. The number of halogens is 4. The van der Waals surface area contributed by atoms with Crippen LogP contribution in [0, 0.1) is 0 Å². The molecule has 2 N–H and O–H groups in total. The molecule has 0 saturated carbocycles. The van der Waals surface area contributed by atoms with E-state index in [2.05, 4.69) is 10.6 Å². The van der Waals surface area contributed by atoms with Gasteiger partial charge >= 0.3 is 12.2 Å². The van der Waals surface area contributed by atoms with Crippen LogP contribution < -0.4 is 20.4 Å². The largest absolute Gasteiger partial charge is 0.416 e. The summed E-state index contributed by atoms with van der Waals surface area (Å²) in [5.74, 6) is -0.269. The highest BCUT2D eigenvalue weighted by Gasteiger charge is 2.35. The van der Waals surface area contributed by atoms with Crippen LogP contribution in [0.5, 0.6) is 0 Å². The SMILES string of the molecule is CN(C)C1CN(c2ccc(N3CCC[C@@H](NC(=O)Nc4ccc(C(F)(F)F)cc4)C3=O)cc2)CC1F. The smallest absolute Gasteiger partial charge is 0.367 e. The number of alkyl halides is 4. The van der Waals surface area contributed by atoms with Gasteiger partial charge in [0.1, 0.15) is 12.2 Å². The fourth-order valence-electron chi connectivity index (χ4n) is 4.62. The molecule has 11 heteroatoms. The quantitative estimate of drug-likeness (QED) is 0.598. The van der Waals surface area contributed by atoms with E-state index in [9.17, 15) is 27.2 Å². The highest BCUT2D eigenvalue weighted by Crippen LogP contribution is 2.30. The number of likely N-dealkylation sites (N-methyl/N-ethyl adjacent to an activating group) is 1. The zero-order chi connectivity index (χ0) is 26.0. The molecule has 2 fully saturated rings. The first-order valence-electron chi connectivity index (χ1n) is 11.7. The Hall–Kier alpha value is -3.34. The van der Waals surface area contributed by atoms with E-state index in [1.807, 2.05) is 48.2 Å². The summed E-state index contributed by atoms with van der Waals surface area (Å²) in [7, 11) is 3.72. The number of amides is 3. The number of hydrogen-bond acceptors (Lipinski definition) is 4. The van der Waals surface area contributed by atoms with Crippen molar-refractivity contribution in [2.45, 2.75) is 37.3 Å². The molecule has 0 spiro atoms. The molecule has 2 aliphatic rings. The molecular formula is C25H29F4N5O2. The van der Waals surface area contributed by atoms with Crippen LogP contribution in [0.2, 0.25) is 0 Å². The Morgan fingerprint density at radius 3 is 2.22 bits per heavy atom. The van der Waals surface area contributed by atoms with E-state index in [0.717, 1.165) is 30.0 Å². The Kier molecular flexibility index (Phi) is 7.39. The molecule has 2 aliphatic heterocycles. The number of carbonyl (C=O) groups excluding carboxylic acids is 2. The molecule has 0 aromatic heterocycles. The Balaban J connectivity index is 1.35. The van der Waals surface area contributed by atoms with Crippen molar-refractivity contribution in [1.82, 2.24) is 10.2 Å². The van der Waals surface area contributed by atoms with Crippen molar-refractivity contribution in [3.05, 3.63) is 54.1 Å². The summed E-state index contributed by atoms with van der Waals surface area (Å²) in [5, 5.41) is 5.09. The lowest BCUT2D eigenvalue weighted by Crippen LogP contribution is -2.53. The highest BCUT2D eigenvalue weighted by molar-refractivity contribution is 6.01. The monoisotopic (exact) mass is 507 g/mol. The molecule has 3 atom stereocenters. The van der Waals surface area contributed by atoms with Gasteiger partial charge in [0.25, 0.3) is 0 Å². The Labute approximate surface area is 207 Å². The zero-order valence-electron chi connectivity index (χ0n) is 20.1. The molecule has 2 unspecified atom stereocenters. The van der Waals surface area contributed by atoms with Crippen LogP contribution in [0.15, 0.2) is 48.5 Å². The summed E-state index contributed by atoms with van der Waals surface area (Å²) in [6.45, 7) is 1.39. The van der Waals surface area contributed by atoms with Crippen molar-refractivity contribution in [3.8, 4) is 0 Å². The third kappa shape index (κ3) is 5.72. The zero-order valence-corrected chi connectivity index (χ0v) is 20.1. The fraction of sp³-hybridized carbons (Fsp3) is 0.440. The van der Waals surface area contributed by atoms with Gasteiger partial charge in [-0.05, 0) is 75.5 Å². The first-order chi connectivity index (χ1) is 17.0. The lowest BCUT2D eigenvalue weighted by Gasteiger charge is -2.33. The minimum absolute atomic E-state index is 0.172. The van der Waals surface area contributed by atoms with Crippen molar-refractivity contribution < 1.29 is 27.2 Å². The fourth-order valence-corrected chi connectivity index (χ4v) is 4.62. The molecule has 0 radical (unpaired) electrons. The van der Waals surface area contributed by atoms with Crippen LogP contribution in [0.25, 0.3) is 0 Å². The Morgan fingerprint density at radius 1 is 1.00 bits per heavy atom. The van der Waals surface area contributed by atoms with Crippen LogP contribution >= 0.6 is 0 Å². The number of nitrogens with zero attached hydrogens (tertiary/aromatic N) is 3. The molecule has 194 valence electrons. The molecule has 0 aliphatic carbocycles. The average Bonchev–Trinajstić information content (AvgIpc) is 3.22. The molecule has 36 heavy (non-hydrogen) atoms. The second-order valence-corrected chi connectivity index (χ2v) is 9.33. The molecular weight excluding hydrogens is 478 g/mol. The third-order valence-corrected chi connectivity index (χ3v) is 6.62. The summed E-state index contributed by atoms with van der Waals surface area (Å²) in [5.41, 5.74) is 0.925. The van der Waals surface area contributed by atoms with E-state index in [-0.39, 0.29) is 17.6 Å². The Morgan fingerprint density at radius 2 is 1.64 bits per heavy atom. The standard InChI is InChI=1S/C25H29F4N5O2/c1-32(2)22-15-33(14-20(22)26)18-9-11-19(12-10-18)34-13-3-4-21(23(34)35)31-24(36)30-17-7-5-16(6-8-17)25(27,28)29/h5-12,20-22H,3-4,13-15H2,1-2H3,(H2,30,31,36)/t20?,21-,22?/m1/s1. The second kappa shape index (κ2) is 10.3. The number of hydrogen-bond donors (Lipinski definition) is 2. The first kappa shape index (κ1) is 25.7. The molecule has 2 heterocycles. The molecule has 0 bridgehead atoms. The maximum atomic E-state index is 14.3. The number of carbonyl (C=O) groups is 2. The predicted octanol–water partition coefficient (Wildman–Crippen LogP) is 4.11. The molecule has 7 nitrogen and oxygen atoms in total. The van der Waals surface area contributed by atoms with Gasteiger partial charge in [-0.15, -0.1) is 0 Å². The number of urea groups is 1. The first-order valence-corrected chi connectivity index (χ1v) is 11.7. The molecule has 2 aromatic carbocycles. The van der Waals surface area contributed by atoms with Gasteiger partial charge in [-0.1, -0.05) is 0 Å². The number of benzene rings is 2. The van der Waals surface area contributed by atoms with Crippen molar-refractivity contribution >= 4 is 29.0 Å². The van der Waals surface area contributed by atoms with Gasteiger partial charge in [0.05, 0.1) is 18.2 Å². The minimum Gasteiger partial charge on any atom is -0.367 e. The normalized spacial score (nSPS) is 22.8. The van der Waals surface area contributed by atoms with Crippen LogP contribution in [0.4, 0.5) is 39.4 Å².